The van der Waals surface area contributed by atoms with Crippen molar-refractivity contribution in [2.75, 3.05) is 6.61 Å². The van der Waals surface area contributed by atoms with Crippen molar-refractivity contribution >= 4 is 25.1 Å². The van der Waals surface area contributed by atoms with Crippen LogP contribution in [0.5, 0.6) is 0 Å². The molecule has 0 saturated carbocycles. The number of carbonyl (C=O) groups is 1. The molecular weight excluding hydrogens is 390 g/mol. The highest BCUT2D eigenvalue weighted by atomic mass is 28.3. The Labute approximate surface area is 181 Å². The molecule has 0 atom stereocenters. The van der Waals surface area contributed by atoms with Gasteiger partial charge in [0.25, 0.3) is 0 Å². The number of nitrogens with zero attached hydrogens (tertiary/aromatic N) is 3. The van der Waals surface area contributed by atoms with Crippen LogP contribution in [0, 0.1) is 0 Å². The van der Waals surface area contributed by atoms with E-state index in [1.54, 1.807) is 4.68 Å². The van der Waals surface area contributed by atoms with Gasteiger partial charge >= 0.3 is 5.97 Å². The smallest absolute Gasteiger partial charge is 0.327 e. The number of hydrogen-bond acceptors (Lipinski definition) is 3. The van der Waals surface area contributed by atoms with Crippen molar-refractivity contribution < 1.29 is 9.53 Å². The second kappa shape index (κ2) is 8.80. The Balaban J connectivity index is 2.10. The van der Waals surface area contributed by atoms with E-state index in [1.165, 1.54) is 0 Å². The van der Waals surface area contributed by atoms with E-state index in [9.17, 15) is 4.79 Å². The monoisotopic (exact) mass is 425 g/mol. The summed E-state index contributed by atoms with van der Waals surface area (Å²) in [4.78, 5) is 12.1. The molecule has 0 fully saturated rings. The minimum atomic E-state index is -1.81. The van der Waals surface area contributed by atoms with Gasteiger partial charge in [-0.15, -0.1) is 0 Å². The van der Waals surface area contributed by atoms with Gasteiger partial charge in [0.1, 0.15) is 12.2 Å². The Hall–Kier alpha value is -2.34. The molecule has 162 valence electrons. The summed E-state index contributed by atoms with van der Waals surface area (Å²) in [7, 11) is -1.81. The topological polar surface area (TPSA) is 49.1 Å². The Morgan fingerprint density at radius 3 is 2.27 bits per heavy atom. The molecule has 0 amide bonds. The second-order valence-electron chi connectivity index (χ2n) is 8.99. The lowest BCUT2D eigenvalue weighted by molar-refractivity contribution is -0.143. The molecule has 0 aliphatic carbocycles. The Bertz CT molecular complexity index is 995. The van der Waals surface area contributed by atoms with Gasteiger partial charge in [-0.05, 0) is 41.9 Å². The molecule has 1 aromatic carbocycles. The average Bonchev–Trinajstić information content (AvgIpc) is 3.27. The van der Waals surface area contributed by atoms with Gasteiger partial charge in [0, 0.05) is 17.1 Å². The number of ether oxygens (including phenoxy) is 1. The van der Waals surface area contributed by atoms with Gasteiger partial charge in [-0.25, -0.2) is 0 Å². The van der Waals surface area contributed by atoms with Crippen molar-refractivity contribution in [2.24, 2.45) is 0 Å². The van der Waals surface area contributed by atoms with Crippen molar-refractivity contribution in [3.63, 3.8) is 0 Å². The van der Waals surface area contributed by atoms with Crippen LogP contribution in [0.3, 0.4) is 0 Å². The first-order valence-corrected chi connectivity index (χ1v) is 13.2. The summed E-state index contributed by atoms with van der Waals surface area (Å²) < 4.78 is 9.43. The van der Waals surface area contributed by atoms with Crippen LogP contribution in [-0.4, -0.2) is 34.8 Å². The lowest BCUT2D eigenvalue weighted by Gasteiger charge is -2.44. The fraction of sp³-hybridized carbons (Fsp3) is 0.500. The number of benzene rings is 1. The van der Waals surface area contributed by atoms with Crippen molar-refractivity contribution in [3.8, 4) is 11.3 Å². The highest BCUT2D eigenvalue weighted by Crippen LogP contribution is 2.43. The van der Waals surface area contributed by atoms with E-state index in [0.29, 0.717) is 23.2 Å². The van der Waals surface area contributed by atoms with Gasteiger partial charge < -0.3 is 8.97 Å². The maximum Gasteiger partial charge on any atom is 0.327 e. The van der Waals surface area contributed by atoms with E-state index in [4.69, 9.17) is 9.84 Å². The zero-order valence-corrected chi connectivity index (χ0v) is 20.3. The number of rotatable bonds is 8. The van der Waals surface area contributed by atoms with Crippen molar-refractivity contribution in [1.82, 2.24) is 14.0 Å². The molecule has 0 spiro atoms. The summed E-state index contributed by atoms with van der Waals surface area (Å²) in [6.45, 7) is 16.5. The van der Waals surface area contributed by atoms with Crippen molar-refractivity contribution in [2.45, 2.75) is 71.6 Å². The van der Waals surface area contributed by atoms with Gasteiger partial charge in [-0.1, -0.05) is 59.7 Å². The van der Waals surface area contributed by atoms with E-state index >= 15 is 0 Å². The highest BCUT2D eigenvalue weighted by Gasteiger charge is 2.45. The number of hydrogen-bond donors (Lipinski definition) is 0. The molecular formula is C24H35N3O2Si. The molecule has 0 bridgehead atoms. The van der Waals surface area contributed by atoms with Gasteiger partial charge in [0.05, 0.1) is 12.1 Å². The molecule has 0 aliphatic rings. The number of aromatic nitrogens is 3. The van der Waals surface area contributed by atoms with Gasteiger partial charge in [0.15, 0.2) is 8.24 Å². The number of fused-ring (bicyclic) bond motifs is 1. The van der Waals surface area contributed by atoms with E-state index in [-0.39, 0.29) is 12.5 Å². The van der Waals surface area contributed by atoms with Gasteiger partial charge in [-0.3, -0.25) is 9.48 Å². The fourth-order valence-corrected chi connectivity index (χ4v) is 11.9. The van der Waals surface area contributed by atoms with Gasteiger partial charge in [0.2, 0.25) is 0 Å². The minimum absolute atomic E-state index is 0.123. The first-order chi connectivity index (χ1) is 14.2. The number of esters is 1. The second-order valence-corrected chi connectivity index (χ2v) is 14.7. The van der Waals surface area contributed by atoms with Crippen molar-refractivity contribution in [3.05, 3.63) is 42.7 Å². The van der Waals surface area contributed by atoms with Crippen LogP contribution in [0.25, 0.3) is 22.2 Å². The molecule has 0 saturated heterocycles. The predicted octanol–water partition coefficient (Wildman–Crippen LogP) is 6.09. The maximum absolute atomic E-state index is 12.1. The molecule has 6 heteroatoms. The molecule has 0 unspecified atom stereocenters. The van der Waals surface area contributed by atoms with Crippen LogP contribution in [0.4, 0.5) is 0 Å². The summed E-state index contributed by atoms with van der Waals surface area (Å²) in [6.07, 6.45) is 4.54. The third kappa shape index (κ3) is 3.73. The van der Waals surface area contributed by atoms with Gasteiger partial charge in [-0.2, -0.15) is 5.10 Å². The van der Waals surface area contributed by atoms with Crippen LogP contribution in [0.1, 0.15) is 48.5 Å². The molecule has 2 aromatic heterocycles. The summed E-state index contributed by atoms with van der Waals surface area (Å²) in [6, 6.07) is 10.3. The molecule has 0 aliphatic heterocycles. The number of carbonyl (C=O) groups excluding carboxylic acids is 1. The lowest BCUT2D eigenvalue weighted by Crippen LogP contribution is -2.51. The molecule has 0 N–H and O–H groups in total. The first kappa shape index (κ1) is 22.3. The van der Waals surface area contributed by atoms with Crippen LogP contribution < -0.4 is 0 Å². The van der Waals surface area contributed by atoms with Crippen molar-refractivity contribution in [1.29, 1.82) is 0 Å². The molecule has 3 aromatic rings. The van der Waals surface area contributed by atoms with Crippen LogP contribution in [-0.2, 0) is 16.1 Å². The Morgan fingerprint density at radius 1 is 1.03 bits per heavy atom. The summed E-state index contributed by atoms with van der Waals surface area (Å²) >= 11 is 0. The normalized spacial score (nSPS) is 12.5. The lowest BCUT2D eigenvalue weighted by atomic mass is 10.1. The van der Waals surface area contributed by atoms with Crippen LogP contribution in [0.15, 0.2) is 42.7 Å². The zero-order chi connectivity index (χ0) is 22.1. The van der Waals surface area contributed by atoms with E-state index in [1.807, 2.05) is 25.1 Å². The summed E-state index contributed by atoms with van der Waals surface area (Å²) in [5, 5.41) is 5.89. The number of para-hydroxylation sites is 1. The quantitative estimate of drug-likeness (QED) is 0.324. The van der Waals surface area contributed by atoms with Crippen LogP contribution >= 0.6 is 0 Å². The molecule has 5 nitrogen and oxygen atoms in total. The van der Waals surface area contributed by atoms with E-state index in [0.717, 1.165) is 22.2 Å². The van der Waals surface area contributed by atoms with E-state index < -0.39 is 8.24 Å². The third-order valence-electron chi connectivity index (χ3n) is 6.43. The largest absolute Gasteiger partial charge is 0.465 e. The molecule has 30 heavy (non-hydrogen) atoms. The zero-order valence-electron chi connectivity index (χ0n) is 19.3. The SMILES string of the molecule is CCOC(=O)Cn1nc(-c2ccn([Si](C(C)C)(C(C)C)C(C)C)c2)c2ccccc21. The van der Waals surface area contributed by atoms with E-state index in [2.05, 4.69) is 70.3 Å². The molecule has 0 radical (unpaired) electrons. The average molecular weight is 426 g/mol. The maximum atomic E-state index is 12.1. The Kier molecular flexibility index (Phi) is 6.55. The fourth-order valence-electron chi connectivity index (χ4n) is 5.46. The standard InChI is InChI=1S/C24H35N3O2Si/c1-8-29-23(28)16-27-22-12-10-9-11-21(22)24(25-27)20-13-14-26(15-20)30(17(2)3,18(4)5)19(6)7/h9-15,17-19H,8,16H2,1-7H3. The molecule has 3 rings (SSSR count). The predicted molar refractivity (Wildman–Crippen MR) is 126 cm³/mol. The van der Waals surface area contributed by atoms with Crippen LogP contribution in [0.2, 0.25) is 16.6 Å². The summed E-state index contributed by atoms with van der Waals surface area (Å²) in [5.41, 5.74) is 4.84. The third-order valence-corrected chi connectivity index (χ3v) is 13.2. The molecule has 2 heterocycles. The summed E-state index contributed by atoms with van der Waals surface area (Å²) in [5.74, 6) is -0.263. The first-order valence-electron chi connectivity index (χ1n) is 11.0. The highest BCUT2D eigenvalue weighted by molar-refractivity contribution is 6.82. The Morgan fingerprint density at radius 2 is 1.67 bits per heavy atom. The minimum Gasteiger partial charge on any atom is -0.465 e.